The Labute approximate surface area is 140 Å². The van der Waals surface area contributed by atoms with E-state index in [1.807, 2.05) is 37.3 Å². The van der Waals surface area contributed by atoms with E-state index in [1.54, 1.807) is 0 Å². The van der Waals surface area contributed by atoms with Gasteiger partial charge in [-0.2, -0.15) is 0 Å². The van der Waals surface area contributed by atoms with E-state index in [1.165, 1.54) is 0 Å². The van der Waals surface area contributed by atoms with Gasteiger partial charge in [0.15, 0.2) is 5.78 Å². The molecule has 0 atom stereocenters. The summed E-state index contributed by atoms with van der Waals surface area (Å²) in [6, 6.07) is 9.68. The standard InChI is InChI=1S/C20H20N2O2/c1-2-11-21-20(24)15-7-3-6-14-18-13-5-4-8-17(23)12(13)9-10-16(18)22-19(14)15/h3,6-7,9-10,22H,2,4-5,8,11H2,1H3,(H,21,24). The molecule has 1 heterocycles. The van der Waals surface area contributed by atoms with Gasteiger partial charge in [-0.3, -0.25) is 9.59 Å². The van der Waals surface area contributed by atoms with Gasteiger partial charge in [-0.1, -0.05) is 19.1 Å². The van der Waals surface area contributed by atoms with Crippen molar-refractivity contribution >= 4 is 33.5 Å². The Hall–Kier alpha value is -2.62. The van der Waals surface area contributed by atoms with Crippen LogP contribution in [-0.2, 0) is 6.42 Å². The summed E-state index contributed by atoms with van der Waals surface area (Å²) in [4.78, 5) is 28.1. The Balaban J connectivity index is 1.96. The third kappa shape index (κ3) is 2.21. The lowest BCUT2D eigenvalue weighted by atomic mass is 9.87. The van der Waals surface area contributed by atoms with E-state index in [0.717, 1.165) is 52.2 Å². The molecule has 4 nitrogen and oxygen atoms in total. The number of para-hydroxylation sites is 1. The van der Waals surface area contributed by atoms with E-state index in [-0.39, 0.29) is 11.7 Å². The van der Waals surface area contributed by atoms with Gasteiger partial charge in [-0.15, -0.1) is 0 Å². The molecular formula is C20H20N2O2. The number of aromatic amines is 1. The number of aryl methyl sites for hydroxylation is 1. The minimum Gasteiger partial charge on any atom is -0.354 e. The Morgan fingerprint density at radius 1 is 1.21 bits per heavy atom. The minimum absolute atomic E-state index is 0.0565. The van der Waals surface area contributed by atoms with Crippen molar-refractivity contribution in [1.29, 1.82) is 0 Å². The maximum absolute atomic E-state index is 12.4. The van der Waals surface area contributed by atoms with Crippen molar-refractivity contribution in [2.75, 3.05) is 6.54 Å². The van der Waals surface area contributed by atoms with Crippen LogP contribution >= 0.6 is 0 Å². The zero-order valence-electron chi connectivity index (χ0n) is 13.7. The SMILES string of the molecule is CCCNC(=O)c1cccc2c1[nH]c1ccc3c(c12)CCCC3=O. The second-order valence-corrected chi connectivity index (χ2v) is 6.40. The predicted molar refractivity (Wildman–Crippen MR) is 95.7 cm³/mol. The summed E-state index contributed by atoms with van der Waals surface area (Å²) in [6.07, 6.45) is 3.35. The quantitative estimate of drug-likeness (QED) is 0.767. The first-order chi connectivity index (χ1) is 11.7. The molecule has 1 aliphatic carbocycles. The number of hydrogen-bond acceptors (Lipinski definition) is 2. The highest BCUT2D eigenvalue weighted by atomic mass is 16.1. The highest BCUT2D eigenvalue weighted by Crippen LogP contribution is 2.35. The number of fused-ring (bicyclic) bond motifs is 5. The normalized spacial score (nSPS) is 14.1. The Morgan fingerprint density at radius 2 is 2.08 bits per heavy atom. The van der Waals surface area contributed by atoms with Crippen LogP contribution in [0.15, 0.2) is 30.3 Å². The number of rotatable bonds is 3. The summed E-state index contributed by atoms with van der Waals surface area (Å²) in [6.45, 7) is 2.70. The topological polar surface area (TPSA) is 62.0 Å². The van der Waals surface area contributed by atoms with Crippen molar-refractivity contribution in [3.05, 3.63) is 47.0 Å². The number of H-pyrrole nitrogens is 1. The van der Waals surface area contributed by atoms with E-state index in [9.17, 15) is 9.59 Å². The number of carbonyl (C=O) groups is 2. The Kier molecular flexibility index (Phi) is 3.60. The van der Waals surface area contributed by atoms with E-state index in [0.29, 0.717) is 18.5 Å². The molecule has 24 heavy (non-hydrogen) atoms. The molecule has 122 valence electrons. The maximum Gasteiger partial charge on any atom is 0.253 e. The third-order valence-electron chi connectivity index (χ3n) is 4.82. The molecule has 0 radical (unpaired) electrons. The first kappa shape index (κ1) is 14.9. The van der Waals surface area contributed by atoms with Crippen molar-refractivity contribution in [2.45, 2.75) is 32.6 Å². The molecule has 1 aliphatic rings. The first-order valence-corrected chi connectivity index (χ1v) is 8.58. The largest absolute Gasteiger partial charge is 0.354 e. The van der Waals surface area contributed by atoms with Gasteiger partial charge in [0.05, 0.1) is 11.1 Å². The molecule has 2 aromatic carbocycles. The number of carbonyl (C=O) groups excluding carboxylic acids is 2. The fourth-order valence-corrected chi connectivity index (χ4v) is 3.69. The van der Waals surface area contributed by atoms with Gasteiger partial charge in [0.1, 0.15) is 0 Å². The molecule has 1 amide bonds. The van der Waals surface area contributed by atoms with Crippen molar-refractivity contribution in [2.24, 2.45) is 0 Å². The molecule has 1 aromatic heterocycles. The number of benzene rings is 2. The number of nitrogens with one attached hydrogen (secondary N) is 2. The summed E-state index contributed by atoms with van der Waals surface area (Å²) in [5.74, 6) is 0.170. The van der Waals surface area contributed by atoms with Gasteiger partial charge in [0.25, 0.3) is 5.91 Å². The van der Waals surface area contributed by atoms with Gasteiger partial charge in [-0.25, -0.2) is 0 Å². The number of Topliss-reactive ketones (excluding diaryl/α,β-unsaturated/α-hetero) is 1. The Morgan fingerprint density at radius 3 is 2.92 bits per heavy atom. The lowest BCUT2D eigenvalue weighted by Gasteiger charge is -2.15. The summed E-state index contributed by atoms with van der Waals surface area (Å²) in [7, 11) is 0. The van der Waals surface area contributed by atoms with Crippen LogP contribution in [0.4, 0.5) is 0 Å². The van der Waals surface area contributed by atoms with Crippen LogP contribution < -0.4 is 5.32 Å². The number of amides is 1. The molecule has 2 N–H and O–H groups in total. The number of aromatic nitrogens is 1. The highest BCUT2D eigenvalue weighted by Gasteiger charge is 2.22. The van der Waals surface area contributed by atoms with E-state index >= 15 is 0 Å². The zero-order valence-corrected chi connectivity index (χ0v) is 13.7. The van der Waals surface area contributed by atoms with Crippen molar-refractivity contribution in [3.8, 4) is 0 Å². The van der Waals surface area contributed by atoms with Gasteiger partial charge in [-0.05, 0) is 43.0 Å². The van der Waals surface area contributed by atoms with Gasteiger partial charge < -0.3 is 10.3 Å². The minimum atomic E-state index is -0.0565. The average Bonchev–Trinajstić information content (AvgIpc) is 2.99. The summed E-state index contributed by atoms with van der Waals surface area (Å²) < 4.78 is 0. The lowest BCUT2D eigenvalue weighted by molar-refractivity contribution is 0.0952. The molecule has 3 aromatic rings. The molecule has 0 saturated carbocycles. The van der Waals surface area contributed by atoms with Crippen LogP contribution in [0, 0.1) is 0 Å². The summed E-state index contributed by atoms with van der Waals surface area (Å²) in [5.41, 5.74) is 4.48. The predicted octanol–water partition coefficient (Wildman–Crippen LogP) is 3.98. The van der Waals surface area contributed by atoms with Crippen LogP contribution in [0.3, 0.4) is 0 Å². The van der Waals surface area contributed by atoms with Crippen molar-refractivity contribution in [1.82, 2.24) is 10.3 Å². The second-order valence-electron chi connectivity index (χ2n) is 6.40. The fraction of sp³-hybridized carbons (Fsp3) is 0.300. The van der Waals surface area contributed by atoms with Gasteiger partial charge >= 0.3 is 0 Å². The molecule has 4 rings (SSSR count). The van der Waals surface area contributed by atoms with E-state index in [2.05, 4.69) is 10.3 Å². The van der Waals surface area contributed by atoms with Crippen molar-refractivity contribution in [3.63, 3.8) is 0 Å². The first-order valence-electron chi connectivity index (χ1n) is 8.58. The van der Waals surface area contributed by atoms with E-state index < -0.39 is 0 Å². The molecule has 0 saturated heterocycles. The van der Waals surface area contributed by atoms with Crippen LogP contribution in [0.5, 0.6) is 0 Å². The van der Waals surface area contributed by atoms with Crippen LogP contribution in [0.25, 0.3) is 21.8 Å². The molecule has 0 bridgehead atoms. The van der Waals surface area contributed by atoms with Gasteiger partial charge in [0.2, 0.25) is 0 Å². The smallest absolute Gasteiger partial charge is 0.253 e. The lowest BCUT2D eigenvalue weighted by Crippen LogP contribution is -2.24. The molecule has 4 heteroatoms. The van der Waals surface area contributed by atoms with E-state index in [4.69, 9.17) is 0 Å². The van der Waals surface area contributed by atoms with Crippen LogP contribution in [0.1, 0.15) is 52.5 Å². The number of hydrogen-bond donors (Lipinski definition) is 2. The van der Waals surface area contributed by atoms with Crippen molar-refractivity contribution < 1.29 is 9.59 Å². The zero-order chi connectivity index (χ0) is 16.7. The third-order valence-corrected chi connectivity index (χ3v) is 4.82. The van der Waals surface area contributed by atoms with Crippen LogP contribution in [-0.4, -0.2) is 23.2 Å². The molecule has 0 unspecified atom stereocenters. The average molecular weight is 320 g/mol. The molecule has 0 aliphatic heterocycles. The highest BCUT2D eigenvalue weighted by molar-refractivity contribution is 6.18. The fourth-order valence-electron chi connectivity index (χ4n) is 3.69. The summed E-state index contributed by atoms with van der Waals surface area (Å²) >= 11 is 0. The summed E-state index contributed by atoms with van der Waals surface area (Å²) in [5, 5.41) is 5.07. The van der Waals surface area contributed by atoms with Gasteiger partial charge in [0, 0.05) is 34.8 Å². The Bertz CT molecular complexity index is 969. The number of ketones is 1. The monoisotopic (exact) mass is 320 g/mol. The maximum atomic E-state index is 12.4. The molecular weight excluding hydrogens is 300 g/mol. The molecule has 0 spiro atoms. The van der Waals surface area contributed by atoms with Crippen LogP contribution in [0.2, 0.25) is 0 Å². The second kappa shape index (κ2) is 5.78. The molecule has 0 fully saturated rings.